The van der Waals surface area contributed by atoms with Crippen LogP contribution in [0.2, 0.25) is 0 Å². The van der Waals surface area contributed by atoms with Gasteiger partial charge in [0.25, 0.3) is 0 Å². The molecule has 0 amide bonds. The number of ketones is 1. The van der Waals surface area contributed by atoms with Crippen molar-refractivity contribution in [1.82, 2.24) is 0 Å². The van der Waals surface area contributed by atoms with Crippen LogP contribution in [0.1, 0.15) is 57.3 Å². The maximum absolute atomic E-state index is 14.1. The molecule has 9 nitrogen and oxygen atoms in total. The molecule has 10 heteroatoms. The van der Waals surface area contributed by atoms with Gasteiger partial charge in [-0.2, -0.15) is 0 Å². The minimum Gasteiger partial charge on any atom is -0.458 e. The fraction of sp³-hybridized carbons (Fsp3) is 0.643. The molecule has 0 aromatic heterocycles. The first-order chi connectivity index (χ1) is 17.3. The van der Waals surface area contributed by atoms with Gasteiger partial charge >= 0.3 is 5.97 Å². The van der Waals surface area contributed by atoms with Crippen molar-refractivity contribution in [2.75, 3.05) is 13.2 Å². The standard InChI is InChI=1S/C28H38O9.Ac/c1-15(17(30)10-11-29)21-22(32)24(33)27(4)19(31)12-20-28(35,14-36-20)23(27)18(13-26(21,2)3)37-25(34)16-8-6-5-7-9-16;/h5-9,17-20,22-23,29-32,35H,10-14H2,1-4H3;/b21-15-;/t17?,18?,19?,20?,22?,23?,27-,28+;/m1./s1. The summed E-state index contributed by atoms with van der Waals surface area (Å²) in [6, 6.07) is 8.36. The molecule has 3 aliphatic rings. The average Bonchev–Trinajstić information content (AvgIpc) is 2.84. The Morgan fingerprint density at radius 2 is 1.82 bits per heavy atom. The van der Waals surface area contributed by atoms with E-state index in [9.17, 15) is 35.1 Å². The Balaban J connectivity index is 0.00000400. The minimum atomic E-state index is -1.68. The number of fused-ring (bicyclic) bond motifs is 3. The first-order valence-electron chi connectivity index (χ1n) is 12.8. The zero-order valence-corrected chi connectivity index (χ0v) is 27.1. The van der Waals surface area contributed by atoms with Crippen molar-refractivity contribution >= 4 is 11.8 Å². The second-order valence-electron chi connectivity index (χ2n) is 11.6. The first kappa shape index (κ1) is 31.8. The second-order valence-corrected chi connectivity index (χ2v) is 11.6. The molecule has 1 radical (unpaired) electrons. The molecule has 1 aromatic rings. The number of rotatable bonds is 5. The van der Waals surface area contributed by atoms with Gasteiger partial charge in [0.1, 0.15) is 17.8 Å². The first-order valence-corrected chi connectivity index (χ1v) is 12.8. The van der Waals surface area contributed by atoms with E-state index in [4.69, 9.17) is 9.47 Å². The predicted molar refractivity (Wildman–Crippen MR) is 132 cm³/mol. The molecule has 207 valence electrons. The fourth-order valence-electron chi connectivity index (χ4n) is 6.82. The van der Waals surface area contributed by atoms with E-state index in [1.165, 1.54) is 6.92 Å². The normalized spacial score (nSPS) is 38.2. The number of hydrogen-bond donors (Lipinski definition) is 5. The van der Waals surface area contributed by atoms with Crippen molar-refractivity contribution in [3.8, 4) is 0 Å². The van der Waals surface area contributed by atoms with Crippen molar-refractivity contribution in [1.29, 1.82) is 0 Å². The third-order valence-corrected chi connectivity index (χ3v) is 8.85. The van der Waals surface area contributed by atoms with Gasteiger partial charge < -0.3 is 35.0 Å². The van der Waals surface area contributed by atoms with E-state index in [0.717, 1.165) is 0 Å². The van der Waals surface area contributed by atoms with Crippen LogP contribution in [0.25, 0.3) is 0 Å². The van der Waals surface area contributed by atoms with Crippen LogP contribution in [0, 0.1) is 60.8 Å². The summed E-state index contributed by atoms with van der Waals surface area (Å²) in [7, 11) is 0. The number of carbonyl (C=O) groups excluding carboxylic acids is 2. The van der Waals surface area contributed by atoms with Crippen LogP contribution in [-0.2, 0) is 14.3 Å². The van der Waals surface area contributed by atoms with Gasteiger partial charge in [-0.05, 0) is 49.0 Å². The molecule has 4 rings (SSSR count). The molecule has 6 unspecified atom stereocenters. The van der Waals surface area contributed by atoms with Crippen LogP contribution >= 0.6 is 0 Å². The van der Waals surface area contributed by atoms with Gasteiger partial charge in [-0.1, -0.05) is 32.0 Å². The van der Waals surface area contributed by atoms with Crippen molar-refractivity contribution in [2.24, 2.45) is 16.7 Å². The van der Waals surface area contributed by atoms with Gasteiger partial charge in [-0.15, -0.1) is 0 Å². The number of esters is 1. The SMILES string of the molecule is C/C(=C1\C(O)C(=O)[C@]2(C)C(O)CC3OC[C@@]3(O)C2C(OC(=O)c2ccccc2)CC1(C)C)C(O)CCO.[Ac]. The molecule has 0 spiro atoms. The number of carbonyl (C=O) groups is 2. The molecule has 1 aliphatic heterocycles. The summed E-state index contributed by atoms with van der Waals surface area (Å²) >= 11 is 0. The minimum absolute atomic E-state index is 0. The van der Waals surface area contributed by atoms with E-state index in [2.05, 4.69) is 0 Å². The summed E-state index contributed by atoms with van der Waals surface area (Å²) in [4.78, 5) is 27.3. The van der Waals surface area contributed by atoms with Crippen molar-refractivity contribution < 1.29 is 88.7 Å². The van der Waals surface area contributed by atoms with Crippen molar-refractivity contribution in [3.05, 3.63) is 47.0 Å². The van der Waals surface area contributed by atoms with Crippen LogP contribution in [0.5, 0.6) is 0 Å². The molecule has 2 saturated carbocycles. The van der Waals surface area contributed by atoms with Crippen LogP contribution in [-0.4, -0.2) is 86.6 Å². The zero-order valence-electron chi connectivity index (χ0n) is 22.3. The number of aliphatic hydroxyl groups excluding tert-OH is 4. The quantitative estimate of drug-likeness (QED) is 0.221. The van der Waals surface area contributed by atoms with E-state index in [1.54, 1.807) is 51.1 Å². The third-order valence-electron chi connectivity index (χ3n) is 8.85. The van der Waals surface area contributed by atoms with Crippen LogP contribution < -0.4 is 0 Å². The molecule has 5 N–H and O–H groups in total. The molecule has 2 aliphatic carbocycles. The van der Waals surface area contributed by atoms with Crippen molar-refractivity contribution in [3.63, 3.8) is 0 Å². The number of aliphatic hydroxyl groups is 5. The molecule has 8 atom stereocenters. The van der Waals surface area contributed by atoms with Gasteiger partial charge in [-0.25, -0.2) is 4.79 Å². The Morgan fingerprint density at radius 1 is 1.18 bits per heavy atom. The van der Waals surface area contributed by atoms with E-state index < -0.39 is 64.6 Å². The Kier molecular flexibility index (Phi) is 9.76. The smallest absolute Gasteiger partial charge is 0.338 e. The Labute approximate surface area is 258 Å². The molecular weight excluding hydrogens is 707 g/mol. The summed E-state index contributed by atoms with van der Waals surface area (Å²) in [5.41, 5.74) is -3.31. The number of hydrogen-bond acceptors (Lipinski definition) is 9. The maximum Gasteiger partial charge on any atom is 0.338 e. The average molecular weight is 746 g/mol. The Hall–Kier alpha value is -0.698. The van der Waals surface area contributed by atoms with Crippen LogP contribution in [0.3, 0.4) is 0 Å². The number of Topliss-reactive ketones (excluding diaryl/α,β-unsaturated/α-hetero) is 1. The summed E-state index contributed by atoms with van der Waals surface area (Å²) in [5, 5.41) is 54.5. The molecule has 38 heavy (non-hydrogen) atoms. The van der Waals surface area contributed by atoms with E-state index in [-0.39, 0.29) is 82.1 Å². The number of ether oxygens (including phenoxy) is 2. The fourth-order valence-corrected chi connectivity index (χ4v) is 6.82. The van der Waals surface area contributed by atoms with Crippen molar-refractivity contribution in [2.45, 2.75) is 83.1 Å². The molecule has 1 saturated heterocycles. The largest absolute Gasteiger partial charge is 0.458 e. The maximum atomic E-state index is 14.1. The molecule has 3 fully saturated rings. The van der Waals surface area contributed by atoms with Crippen LogP contribution in [0.15, 0.2) is 41.5 Å². The summed E-state index contributed by atoms with van der Waals surface area (Å²) in [5.74, 6) is -2.41. The zero-order chi connectivity index (χ0) is 27.3. The summed E-state index contributed by atoms with van der Waals surface area (Å²) in [6.07, 6.45) is -5.76. The number of benzene rings is 1. The predicted octanol–water partition coefficient (Wildman–Crippen LogP) is 1.15. The van der Waals surface area contributed by atoms with Gasteiger partial charge in [0, 0.05) is 69.4 Å². The van der Waals surface area contributed by atoms with Gasteiger partial charge in [0.15, 0.2) is 5.78 Å². The van der Waals surface area contributed by atoms with E-state index in [1.807, 2.05) is 0 Å². The van der Waals surface area contributed by atoms with Crippen LogP contribution in [0.4, 0.5) is 0 Å². The van der Waals surface area contributed by atoms with E-state index >= 15 is 0 Å². The topological polar surface area (TPSA) is 154 Å². The molecule has 0 bridgehead atoms. The molecular formula is C28H38AcO9. The molecule has 1 aromatic carbocycles. The Morgan fingerprint density at radius 3 is 2.37 bits per heavy atom. The van der Waals surface area contributed by atoms with Gasteiger partial charge in [-0.3, -0.25) is 4.79 Å². The second kappa shape index (κ2) is 11.7. The summed E-state index contributed by atoms with van der Waals surface area (Å²) < 4.78 is 11.6. The summed E-state index contributed by atoms with van der Waals surface area (Å²) in [6.45, 7) is 6.27. The van der Waals surface area contributed by atoms with Gasteiger partial charge in [0.05, 0.1) is 35.9 Å². The Bertz CT molecular complexity index is 1070. The third kappa shape index (κ3) is 5.21. The van der Waals surface area contributed by atoms with Gasteiger partial charge in [0.2, 0.25) is 0 Å². The molecule has 1 heterocycles. The van der Waals surface area contributed by atoms with E-state index in [0.29, 0.717) is 11.1 Å². The monoisotopic (exact) mass is 745 g/mol.